The van der Waals surface area contributed by atoms with Gasteiger partial charge in [-0.15, -0.1) is 0 Å². The summed E-state index contributed by atoms with van der Waals surface area (Å²) in [5, 5.41) is 10.8. The van der Waals surface area contributed by atoms with Gasteiger partial charge in [-0.05, 0) is 42.5 Å². The Kier molecular flexibility index (Phi) is 6.07. The summed E-state index contributed by atoms with van der Waals surface area (Å²) in [5.41, 5.74) is 8.89. The first-order valence-corrected chi connectivity index (χ1v) is 11.8. The van der Waals surface area contributed by atoms with Gasteiger partial charge in [-0.3, -0.25) is 14.8 Å². The van der Waals surface area contributed by atoms with Gasteiger partial charge in [-0.1, -0.05) is 40.2 Å². The molecule has 0 aliphatic heterocycles. The molecule has 0 fully saturated rings. The van der Waals surface area contributed by atoms with Gasteiger partial charge in [-0.25, -0.2) is 18.4 Å². The van der Waals surface area contributed by atoms with Crippen LogP contribution < -0.4 is 10.5 Å². The van der Waals surface area contributed by atoms with Crippen LogP contribution in [0.1, 0.15) is 0 Å². The number of nitro groups is 1. The summed E-state index contributed by atoms with van der Waals surface area (Å²) in [6.07, 6.45) is 0. The monoisotopic (exact) mass is 525 g/mol. The zero-order valence-corrected chi connectivity index (χ0v) is 19.2. The maximum Gasteiger partial charge on any atom is 0.269 e. The number of nitro benzene ring substituents is 1. The average Bonchev–Trinajstić information content (AvgIpc) is 2.79. The van der Waals surface area contributed by atoms with E-state index < -0.39 is 14.9 Å². The highest BCUT2D eigenvalue weighted by atomic mass is 79.9. The highest BCUT2D eigenvalue weighted by molar-refractivity contribution is 9.10. The standard InChI is InChI=1S/C22H16BrN5O4S/c23-16-5-1-14(2-6-16)20-13-21(26-22(24)25-20)15-3-7-17(8-4-15)27-33(31,32)19-11-9-18(10-12-19)28(29)30/h1-13,27H,(H2,24,25,26). The van der Waals surface area contributed by atoms with Crippen LogP contribution in [0.25, 0.3) is 22.5 Å². The van der Waals surface area contributed by atoms with Crippen molar-refractivity contribution in [3.8, 4) is 22.5 Å². The van der Waals surface area contributed by atoms with E-state index in [9.17, 15) is 18.5 Å². The number of anilines is 2. The lowest BCUT2D eigenvalue weighted by Crippen LogP contribution is -2.12. The highest BCUT2D eigenvalue weighted by Gasteiger charge is 2.16. The van der Waals surface area contributed by atoms with Gasteiger partial charge in [0.1, 0.15) is 0 Å². The van der Waals surface area contributed by atoms with Gasteiger partial charge in [0.05, 0.1) is 21.2 Å². The predicted octanol–water partition coefficient (Wildman–Crippen LogP) is 4.86. The summed E-state index contributed by atoms with van der Waals surface area (Å²) in [6, 6.07) is 20.7. The molecular formula is C22H16BrN5O4S. The minimum absolute atomic E-state index is 0.0834. The molecule has 3 N–H and O–H groups in total. The van der Waals surface area contributed by atoms with Crippen molar-refractivity contribution in [2.75, 3.05) is 10.5 Å². The zero-order valence-electron chi connectivity index (χ0n) is 16.8. The average molecular weight is 526 g/mol. The first-order chi connectivity index (χ1) is 15.7. The third-order valence-electron chi connectivity index (χ3n) is 4.67. The Bertz CT molecular complexity index is 1430. The van der Waals surface area contributed by atoms with E-state index in [1.165, 1.54) is 12.1 Å². The Morgan fingerprint density at radius 1 is 0.848 bits per heavy atom. The van der Waals surface area contributed by atoms with E-state index in [0.29, 0.717) is 17.1 Å². The number of rotatable bonds is 6. The molecule has 0 aliphatic carbocycles. The fourth-order valence-electron chi connectivity index (χ4n) is 3.05. The first-order valence-electron chi connectivity index (χ1n) is 9.49. The molecule has 0 unspecified atom stereocenters. The first kappa shape index (κ1) is 22.4. The largest absolute Gasteiger partial charge is 0.368 e. The van der Waals surface area contributed by atoms with Gasteiger partial charge in [-0.2, -0.15) is 0 Å². The second kappa shape index (κ2) is 8.96. The van der Waals surface area contributed by atoms with Crippen LogP contribution in [0.4, 0.5) is 17.3 Å². The van der Waals surface area contributed by atoms with E-state index in [4.69, 9.17) is 5.73 Å². The normalized spacial score (nSPS) is 11.2. The van der Waals surface area contributed by atoms with Crippen LogP contribution in [-0.4, -0.2) is 23.3 Å². The van der Waals surface area contributed by atoms with Gasteiger partial charge >= 0.3 is 0 Å². The minimum Gasteiger partial charge on any atom is -0.368 e. The molecule has 11 heteroatoms. The van der Waals surface area contributed by atoms with E-state index in [1.807, 2.05) is 24.3 Å². The Balaban J connectivity index is 1.57. The number of nitrogens with zero attached hydrogens (tertiary/aromatic N) is 3. The SMILES string of the molecule is Nc1nc(-c2ccc(Br)cc2)cc(-c2ccc(NS(=O)(=O)c3ccc([N+](=O)[O-])cc3)cc2)n1. The van der Waals surface area contributed by atoms with Gasteiger partial charge in [0.25, 0.3) is 15.7 Å². The number of aromatic nitrogens is 2. The molecule has 0 radical (unpaired) electrons. The topological polar surface area (TPSA) is 141 Å². The summed E-state index contributed by atoms with van der Waals surface area (Å²) in [5.74, 6) is 0.119. The summed E-state index contributed by atoms with van der Waals surface area (Å²) < 4.78 is 28.6. The number of halogens is 1. The van der Waals surface area contributed by atoms with Crippen molar-refractivity contribution in [3.05, 3.63) is 93.4 Å². The Hall–Kier alpha value is -3.83. The van der Waals surface area contributed by atoms with Crippen molar-refractivity contribution in [1.29, 1.82) is 0 Å². The van der Waals surface area contributed by atoms with Crippen molar-refractivity contribution in [3.63, 3.8) is 0 Å². The second-order valence-corrected chi connectivity index (χ2v) is 9.54. The number of nitrogen functional groups attached to an aromatic ring is 1. The van der Waals surface area contributed by atoms with Crippen molar-refractivity contribution in [2.24, 2.45) is 0 Å². The van der Waals surface area contributed by atoms with Crippen LogP contribution in [0, 0.1) is 10.1 Å². The maximum atomic E-state index is 12.6. The Morgan fingerprint density at radius 2 is 1.36 bits per heavy atom. The number of hydrogen-bond acceptors (Lipinski definition) is 7. The number of nitrogens with one attached hydrogen (secondary N) is 1. The molecule has 4 rings (SSSR count). The Morgan fingerprint density at radius 3 is 1.88 bits per heavy atom. The van der Waals surface area contributed by atoms with Gasteiger partial charge in [0.15, 0.2) is 0 Å². The molecule has 9 nitrogen and oxygen atoms in total. The molecule has 33 heavy (non-hydrogen) atoms. The van der Waals surface area contributed by atoms with E-state index in [2.05, 4.69) is 30.6 Å². The van der Waals surface area contributed by atoms with Gasteiger partial charge in [0.2, 0.25) is 5.95 Å². The van der Waals surface area contributed by atoms with Crippen LogP contribution >= 0.6 is 15.9 Å². The summed E-state index contributed by atoms with van der Waals surface area (Å²) in [4.78, 5) is 18.7. The fraction of sp³-hybridized carbons (Fsp3) is 0. The van der Waals surface area contributed by atoms with Crippen LogP contribution in [0.3, 0.4) is 0 Å². The molecule has 4 aromatic rings. The fourth-order valence-corrected chi connectivity index (χ4v) is 4.38. The smallest absolute Gasteiger partial charge is 0.269 e. The summed E-state index contributed by atoms with van der Waals surface area (Å²) in [6.45, 7) is 0. The number of nitrogens with two attached hydrogens (primary N) is 1. The molecule has 0 bridgehead atoms. The second-order valence-electron chi connectivity index (χ2n) is 6.94. The van der Waals surface area contributed by atoms with Gasteiger partial charge < -0.3 is 5.73 Å². The lowest BCUT2D eigenvalue weighted by atomic mass is 10.1. The Labute approximate surface area is 197 Å². The number of non-ortho nitro benzene ring substituents is 1. The van der Waals surface area contributed by atoms with Crippen molar-refractivity contribution in [1.82, 2.24) is 9.97 Å². The van der Waals surface area contributed by atoms with Crippen LogP contribution in [-0.2, 0) is 10.0 Å². The van der Waals surface area contributed by atoms with Crippen molar-refractivity contribution in [2.45, 2.75) is 4.90 Å². The molecule has 1 aromatic heterocycles. The van der Waals surface area contributed by atoms with E-state index in [1.54, 1.807) is 30.3 Å². The molecule has 166 valence electrons. The zero-order chi connectivity index (χ0) is 23.6. The van der Waals surface area contributed by atoms with Crippen LogP contribution in [0.2, 0.25) is 0 Å². The predicted molar refractivity (Wildman–Crippen MR) is 129 cm³/mol. The number of benzene rings is 3. The van der Waals surface area contributed by atoms with Crippen LogP contribution in [0.5, 0.6) is 0 Å². The molecule has 0 aliphatic rings. The van der Waals surface area contributed by atoms with Gasteiger partial charge in [0, 0.05) is 33.4 Å². The number of sulfonamides is 1. The molecule has 0 saturated heterocycles. The third-order valence-corrected chi connectivity index (χ3v) is 6.60. The molecule has 1 heterocycles. The molecule has 0 spiro atoms. The molecule has 0 amide bonds. The van der Waals surface area contributed by atoms with E-state index in [-0.39, 0.29) is 16.5 Å². The highest BCUT2D eigenvalue weighted by Crippen LogP contribution is 2.27. The molecule has 0 saturated carbocycles. The molecular weight excluding hydrogens is 510 g/mol. The lowest BCUT2D eigenvalue weighted by Gasteiger charge is -2.10. The van der Waals surface area contributed by atoms with E-state index >= 15 is 0 Å². The quantitative estimate of drug-likeness (QED) is 0.270. The number of hydrogen-bond donors (Lipinski definition) is 2. The molecule has 0 atom stereocenters. The van der Waals surface area contributed by atoms with Crippen LogP contribution in [0.15, 0.2) is 88.2 Å². The van der Waals surface area contributed by atoms with Crippen molar-refractivity contribution >= 4 is 43.3 Å². The van der Waals surface area contributed by atoms with E-state index in [0.717, 1.165) is 27.7 Å². The third kappa shape index (κ3) is 5.16. The summed E-state index contributed by atoms with van der Waals surface area (Å²) in [7, 11) is -3.91. The summed E-state index contributed by atoms with van der Waals surface area (Å²) >= 11 is 3.40. The van der Waals surface area contributed by atoms with Crippen molar-refractivity contribution < 1.29 is 13.3 Å². The minimum atomic E-state index is -3.91. The maximum absolute atomic E-state index is 12.6. The molecule has 3 aromatic carbocycles. The lowest BCUT2D eigenvalue weighted by molar-refractivity contribution is -0.384.